The Hall–Kier alpha value is -1.60. The van der Waals surface area contributed by atoms with Crippen molar-refractivity contribution in [1.82, 2.24) is 10.2 Å². The average Bonchev–Trinajstić information content (AvgIpc) is 2.88. The average molecular weight is 297 g/mol. The molecule has 0 saturated carbocycles. The van der Waals surface area contributed by atoms with Crippen molar-refractivity contribution in [1.29, 1.82) is 0 Å². The summed E-state index contributed by atoms with van der Waals surface area (Å²) in [6, 6.07) is 1.13. The third-order valence-electron chi connectivity index (χ3n) is 3.28. The number of piperidine rings is 1. The highest BCUT2D eigenvalue weighted by atomic mass is 32.1. The Morgan fingerprint density at radius 2 is 2.05 bits per heavy atom. The molecular formula is C13H19N3O3S. The van der Waals surface area contributed by atoms with Gasteiger partial charge in [-0.15, -0.1) is 11.3 Å². The van der Waals surface area contributed by atoms with Crippen molar-refractivity contribution in [3.05, 3.63) is 17.0 Å². The number of carboxylic acid groups (broad SMARTS) is 1. The minimum absolute atomic E-state index is 0.126. The van der Waals surface area contributed by atoms with E-state index in [2.05, 4.69) is 15.5 Å². The summed E-state index contributed by atoms with van der Waals surface area (Å²) >= 11 is 1.20. The lowest BCUT2D eigenvalue weighted by atomic mass is 10.1. The van der Waals surface area contributed by atoms with Crippen molar-refractivity contribution < 1.29 is 14.7 Å². The smallest absolute Gasteiger partial charge is 0.338 e. The molecule has 7 heteroatoms. The van der Waals surface area contributed by atoms with Crippen molar-refractivity contribution in [2.75, 3.05) is 31.5 Å². The van der Waals surface area contributed by atoms with Gasteiger partial charge < -0.3 is 15.3 Å². The second-order valence-electron chi connectivity index (χ2n) is 4.75. The highest BCUT2D eigenvalue weighted by molar-refractivity contribution is 7.14. The summed E-state index contributed by atoms with van der Waals surface area (Å²) < 4.78 is 0. The molecule has 1 aliphatic rings. The molecule has 110 valence electrons. The van der Waals surface area contributed by atoms with Gasteiger partial charge in [-0.05, 0) is 37.4 Å². The lowest BCUT2D eigenvalue weighted by Crippen LogP contribution is -2.39. The number of carboxylic acids is 1. The molecule has 1 aromatic heterocycles. The van der Waals surface area contributed by atoms with E-state index in [0.29, 0.717) is 11.5 Å². The van der Waals surface area contributed by atoms with Crippen LogP contribution in [0.4, 0.5) is 9.80 Å². The van der Waals surface area contributed by atoms with Gasteiger partial charge in [-0.3, -0.25) is 5.32 Å². The number of aromatic carboxylic acids is 1. The van der Waals surface area contributed by atoms with E-state index in [1.165, 1.54) is 36.7 Å². The maximum Gasteiger partial charge on any atom is 0.338 e. The lowest BCUT2D eigenvalue weighted by Gasteiger charge is -2.26. The number of carbonyl (C=O) groups is 2. The van der Waals surface area contributed by atoms with E-state index in [0.717, 1.165) is 19.6 Å². The standard InChI is InChI=1S/C13H19N3O3S/c17-12(18)10-4-9-20-11(10)15-13(19)14-5-8-16-6-2-1-3-7-16/h4,9H,1-3,5-8H2,(H,17,18)(H2,14,15,19). The molecule has 2 heterocycles. The summed E-state index contributed by atoms with van der Waals surface area (Å²) in [6.45, 7) is 3.60. The summed E-state index contributed by atoms with van der Waals surface area (Å²) in [4.78, 5) is 24.9. The number of carbonyl (C=O) groups excluding carboxylic acids is 1. The molecule has 2 amide bonds. The first-order valence-electron chi connectivity index (χ1n) is 6.75. The Morgan fingerprint density at radius 1 is 1.30 bits per heavy atom. The van der Waals surface area contributed by atoms with Gasteiger partial charge in [0.05, 0.1) is 5.56 Å². The maximum absolute atomic E-state index is 11.7. The highest BCUT2D eigenvalue weighted by Gasteiger charge is 2.14. The fourth-order valence-corrected chi connectivity index (χ4v) is 3.01. The van der Waals surface area contributed by atoms with E-state index in [1.807, 2.05) is 0 Å². The molecule has 6 nitrogen and oxygen atoms in total. The van der Waals surface area contributed by atoms with Gasteiger partial charge in [-0.2, -0.15) is 0 Å². The fraction of sp³-hybridized carbons (Fsp3) is 0.538. The van der Waals surface area contributed by atoms with Crippen LogP contribution in [0.1, 0.15) is 29.6 Å². The predicted molar refractivity (Wildman–Crippen MR) is 78.6 cm³/mol. The van der Waals surface area contributed by atoms with Crippen molar-refractivity contribution in [3.63, 3.8) is 0 Å². The van der Waals surface area contributed by atoms with Crippen LogP contribution in [0.3, 0.4) is 0 Å². The fourth-order valence-electron chi connectivity index (χ4n) is 2.23. The zero-order chi connectivity index (χ0) is 14.4. The molecule has 3 N–H and O–H groups in total. The monoisotopic (exact) mass is 297 g/mol. The first-order chi connectivity index (χ1) is 9.66. The van der Waals surface area contributed by atoms with Crippen molar-refractivity contribution in [2.45, 2.75) is 19.3 Å². The number of nitrogens with one attached hydrogen (secondary N) is 2. The van der Waals surface area contributed by atoms with Gasteiger partial charge in [0.25, 0.3) is 0 Å². The van der Waals surface area contributed by atoms with E-state index in [9.17, 15) is 9.59 Å². The Labute approximate surface area is 121 Å². The van der Waals surface area contributed by atoms with Crippen LogP contribution in [0.25, 0.3) is 0 Å². The van der Waals surface area contributed by atoms with Crippen LogP contribution in [0, 0.1) is 0 Å². The van der Waals surface area contributed by atoms with Gasteiger partial charge >= 0.3 is 12.0 Å². The van der Waals surface area contributed by atoms with Crippen LogP contribution < -0.4 is 10.6 Å². The second-order valence-corrected chi connectivity index (χ2v) is 5.67. The molecule has 0 unspecified atom stereocenters. The van der Waals surface area contributed by atoms with Crippen LogP contribution in [0.5, 0.6) is 0 Å². The van der Waals surface area contributed by atoms with Crippen molar-refractivity contribution >= 4 is 28.3 Å². The van der Waals surface area contributed by atoms with E-state index in [-0.39, 0.29) is 11.6 Å². The summed E-state index contributed by atoms with van der Waals surface area (Å²) in [5, 5.41) is 16.3. The Balaban J connectivity index is 1.72. The molecule has 20 heavy (non-hydrogen) atoms. The van der Waals surface area contributed by atoms with Gasteiger partial charge in [-0.25, -0.2) is 9.59 Å². The van der Waals surface area contributed by atoms with E-state index in [4.69, 9.17) is 5.11 Å². The van der Waals surface area contributed by atoms with Gasteiger partial charge in [0, 0.05) is 13.1 Å². The summed E-state index contributed by atoms with van der Waals surface area (Å²) in [5.74, 6) is -1.03. The van der Waals surface area contributed by atoms with Crippen LogP contribution in [-0.4, -0.2) is 48.2 Å². The Kier molecular flexibility index (Phi) is 5.37. The molecular weight excluding hydrogens is 278 g/mol. The van der Waals surface area contributed by atoms with E-state index >= 15 is 0 Å². The number of nitrogens with zero attached hydrogens (tertiary/aromatic N) is 1. The number of likely N-dealkylation sites (tertiary alicyclic amines) is 1. The SMILES string of the molecule is O=C(NCCN1CCCCC1)Nc1sccc1C(=O)O. The Bertz CT molecular complexity index is 469. The minimum atomic E-state index is -1.03. The molecule has 0 aromatic carbocycles. The number of urea groups is 1. The first-order valence-corrected chi connectivity index (χ1v) is 7.63. The number of anilines is 1. The molecule has 0 atom stereocenters. The molecule has 0 bridgehead atoms. The molecule has 1 saturated heterocycles. The van der Waals surface area contributed by atoms with Crippen LogP contribution >= 0.6 is 11.3 Å². The normalized spacial score (nSPS) is 15.8. The topological polar surface area (TPSA) is 81.7 Å². The lowest BCUT2D eigenvalue weighted by molar-refractivity contribution is 0.0698. The summed E-state index contributed by atoms with van der Waals surface area (Å²) in [7, 11) is 0. The number of hydrogen-bond donors (Lipinski definition) is 3. The predicted octanol–water partition coefficient (Wildman–Crippen LogP) is 2.05. The molecule has 0 radical (unpaired) electrons. The van der Waals surface area contributed by atoms with E-state index < -0.39 is 5.97 Å². The number of rotatable bonds is 5. The molecule has 1 aromatic rings. The van der Waals surface area contributed by atoms with E-state index in [1.54, 1.807) is 5.38 Å². The van der Waals surface area contributed by atoms with Gasteiger partial charge in [0.1, 0.15) is 5.00 Å². The van der Waals surface area contributed by atoms with Gasteiger partial charge in [0.15, 0.2) is 0 Å². The van der Waals surface area contributed by atoms with Crippen LogP contribution in [0.15, 0.2) is 11.4 Å². The first kappa shape index (κ1) is 14.8. The highest BCUT2D eigenvalue weighted by Crippen LogP contribution is 2.22. The van der Waals surface area contributed by atoms with Crippen LogP contribution in [0.2, 0.25) is 0 Å². The van der Waals surface area contributed by atoms with Gasteiger partial charge in [0.2, 0.25) is 0 Å². The number of thiophene rings is 1. The largest absolute Gasteiger partial charge is 0.478 e. The molecule has 0 aliphatic carbocycles. The molecule has 2 rings (SSSR count). The Morgan fingerprint density at radius 3 is 2.75 bits per heavy atom. The zero-order valence-corrected chi connectivity index (χ0v) is 12.0. The van der Waals surface area contributed by atoms with Crippen molar-refractivity contribution in [2.24, 2.45) is 0 Å². The number of amides is 2. The maximum atomic E-state index is 11.7. The third kappa shape index (κ3) is 4.21. The minimum Gasteiger partial charge on any atom is -0.478 e. The molecule has 0 spiro atoms. The molecule has 1 aliphatic heterocycles. The van der Waals surface area contributed by atoms with Crippen molar-refractivity contribution in [3.8, 4) is 0 Å². The second kappa shape index (κ2) is 7.25. The summed E-state index contributed by atoms with van der Waals surface area (Å²) in [6.07, 6.45) is 3.74. The quantitative estimate of drug-likeness (QED) is 0.777. The third-order valence-corrected chi connectivity index (χ3v) is 4.11. The van der Waals surface area contributed by atoms with Crippen LogP contribution in [-0.2, 0) is 0 Å². The van der Waals surface area contributed by atoms with Gasteiger partial charge in [-0.1, -0.05) is 6.42 Å². The zero-order valence-electron chi connectivity index (χ0n) is 11.2. The summed E-state index contributed by atoms with van der Waals surface area (Å²) in [5.41, 5.74) is 0.126. The number of hydrogen-bond acceptors (Lipinski definition) is 4. The molecule has 1 fully saturated rings.